The molecule has 1 aliphatic rings. The van der Waals surface area contributed by atoms with E-state index >= 15 is 0 Å². The number of anilines is 1. The van der Waals surface area contributed by atoms with E-state index in [0.717, 1.165) is 36.5 Å². The first kappa shape index (κ1) is 18.5. The van der Waals surface area contributed by atoms with Gasteiger partial charge in [-0.15, -0.1) is 0 Å². The second-order valence-corrected chi connectivity index (χ2v) is 7.11. The van der Waals surface area contributed by atoms with Gasteiger partial charge in [0.05, 0.1) is 12.2 Å². The second kappa shape index (κ2) is 7.95. The number of likely N-dealkylation sites (tertiary alicyclic amines) is 1. The number of hydrogen-bond acceptors (Lipinski definition) is 5. The van der Waals surface area contributed by atoms with Crippen molar-refractivity contribution >= 4 is 11.7 Å². The van der Waals surface area contributed by atoms with Crippen molar-refractivity contribution in [3.05, 3.63) is 29.2 Å². The average molecular weight is 356 g/mol. The third-order valence-corrected chi connectivity index (χ3v) is 4.83. The molecule has 0 spiro atoms. The van der Waals surface area contributed by atoms with Gasteiger partial charge in [0.15, 0.2) is 0 Å². The summed E-state index contributed by atoms with van der Waals surface area (Å²) in [5.74, 6) is 1.08. The maximum atomic E-state index is 12.6. The Bertz CT molecular complexity index is 764. The Morgan fingerprint density at radius 1 is 1.15 bits per heavy atom. The number of nitrogens with zero attached hydrogens (tertiary/aromatic N) is 5. The highest BCUT2D eigenvalue weighted by Crippen LogP contribution is 2.20. The van der Waals surface area contributed by atoms with Crippen LogP contribution in [0.5, 0.6) is 0 Å². The molecule has 2 aromatic rings. The lowest BCUT2D eigenvalue weighted by Crippen LogP contribution is -2.43. The largest absolute Gasteiger partial charge is 0.309 e. The maximum absolute atomic E-state index is 12.6. The van der Waals surface area contributed by atoms with Crippen molar-refractivity contribution in [1.82, 2.24) is 24.6 Å². The summed E-state index contributed by atoms with van der Waals surface area (Å²) in [6.45, 7) is 9.34. The highest BCUT2D eigenvalue weighted by molar-refractivity contribution is 5.91. The van der Waals surface area contributed by atoms with Crippen LogP contribution in [0.1, 0.15) is 49.7 Å². The smallest absolute Gasteiger partial charge is 0.252 e. The molecule has 3 rings (SSSR count). The van der Waals surface area contributed by atoms with E-state index < -0.39 is 0 Å². The van der Waals surface area contributed by atoms with Crippen LogP contribution in [0.3, 0.4) is 0 Å². The molecule has 2 aromatic heterocycles. The summed E-state index contributed by atoms with van der Waals surface area (Å²) in [6, 6.07) is 4.27. The van der Waals surface area contributed by atoms with Crippen molar-refractivity contribution in [2.75, 3.05) is 18.4 Å². The van der Waals surface area contributed by atoms with Crippen LogP contribution < -0.4 is 5.32 Å². The van der Waals surface area contributed by atoms with Gasteiger partial charge in [0.1, 0.15) is 5.82 Å². The summed E-state index contributed by atoms with van der Waals surface area (Å²) >= 11 is 0. The molecule has 0 aromatic carbocycles. The molecular formula is C19H28N6O. The molecule has 1 aliphatic heterocycles. The fourth-order valence-corrected chi connectivity index (χ4v) is 3.64. The van der Waals surface area contributed by atoms with Gasteiger partial charge in [-0.25, -0.2) is 9.97 Å². The molecule has 0 bridgehead atoms. The fraction of sp³-hybridized carbons (Fsp3) is 0.579. The third-order valence-electron chi connectivity index (χ3n) is 4.83. The van der Waals surface area contributed by atoms with E-state index in [4.69, 9.17) is 0 Å². The zero-order chi connectivity index (χ0) is 18.7. The van der Waals surface area contributed by atoms with E-state index in [1.54, 1.807) is 4.68 Å². The molecule has 0 saturated carbocycles. The Hall–Kier alpha value is -2.28. The summed E-state index contributed by atoms with van der Waals surface area (Å²) in [5, 5.41) is 7.46. The zero-order valence-electron chi connectivity index (χ0n) is 16.1. The summed E-state index contributed by atoms with van der Waals surface area (Å²) < 4.78 is 1.61. The van der Waals surface area contributed by atoms with Gasteiger partial charge in [0, 0.05) is 23.5 Å². The molecule has 0 unspecified atom stereocenters. The number of amides is 1. The van der Waals surface area contributed by atoms with Crippen molar-refractivity contribution in [2.24, 2.45) is 0 Å². The Balaban J connectivity index is 1.76. The van der Waals surface area contributed by atoms with Crippen LogP contribution in [0, 0.1) is 20.8 Å². The Labute approximate surface area is 154 Å². The zero-order valence-corrected chi connectivity index (χ0v) is 16.1. The fourth-order valence-electron chi connectivity index (χ4n) is 3.64. The van der Waals surface area contributed by atoms with E-state index in [2.05, 4.69) is 32.2 Å². The SMILES string of the molecule is CC[C@@H]1CCCCN1CC(=O)Nc1cc(C)nn1-c1nc(C)cc(C)n1. The van der Waals surface area contributed by atoms with Gasteiger partial charge in [-0.2, -0.15) is 9.78 Å². The van der Waals surface area contributed by atoms with E-state index in [-0.39, 0.29) is 5.91 Å². The van der Waals surface area contributed by atoms with Gasteiger partial charge in [0.2, 0.25) is 5.91 Å². The highest BCUT2D eigenvalue weighted by Gasteiger charge is 2.23. The van der Waals surface area contributed by atoms with Gasteiger partial charge >= 0.3 is 0 Å². The topological polar surface area (TPSA) is 75.9 Å². The summed E-state index contributed by atoms with van der Waals surface area (Å²) in [5.41, 5.74) is 2.56. The molecule has 0 aliphatic carbocycles. The first-order valence-electron chi connectivity index (χ1n) is 9.39. The van der Waals surface area contributed by atoms with Crippen LogP contribution in [0.4, 0.5) is 5.82 Å². The molecule has 140 valence electrons. The van der Waals surface area contributed by atoms with Crippen molar-refractivity contribution in [2.45, 2.75) is 59.4 Å². The third kappa shape index (κ3) is 4.27. The first-order valence-corrected chi connectivity index (χ1v) is 9.39. The maximum Gasteiger partial charge on any atom is 0.252 e. The van der Waals surface area contributed by atoms with Gasteiger partial charge in [-0.3, -0.25) is 9.69 Å². The van der Waals surface area contributed by atoms with E-state index in [1.807, 2.05) is 32.9 Å². The van der Waals surface area contributed by atoms with Gasteiger partial charge in [-0.1, -0.05) is 13.3 Å². The minimum atomic E-state index is -0.0177. The predicted molar refractivity (Wildman–Crippen MR) is 101 cm³/mol. The lowest BCUT2D eigenvalue weighted by Gasteiger charge is -2.34. The van der Waals surface area contributed by atoms with Crippen LogP contribution in [0.15, 0.2) is 12.1 Å². The molecule has 26 heavy (non-hydrogen) atoms. The second-order valence-electron chi connectivity index (χ2n) is 7.11. The van der Waals surface area contributed by atoms with Crippen LogP contribution in [0.25, 0.3) is 5.95 Å². The predicted octanol–water partition coefficient (Wildman–Crippen LogP) is 2.79. The molecule has 7 nitrogen and oxygen atoms in total. The number of carbonyl (C=O) groups excluding carboxylic acids is 1. The van der Waals surface area contributed by atoms with Gasteiger partial charge in [-0.05, 0) is 52.6 Å². The summed E-state index contributed by atoms with van der Waals surface area (Å²) in [6.07, 6.45) is 4.68. The number of carbonyl (C=O) groups is 1. The lowest BCUT2D eigenvalue weighted by atomic mass is 10.0. The highest BCUT2D eigenvalue weighted by atomic mass is 16.2. The van der Waals surface area contributed by atoms with Gasteiger partial charge in [0.25, 0.3) is 5.95 Å². The number of piperidine rings is 1. The van der Waals surface area contributed by atoms with Crippen LogP contribution in [0.2, 0.25) is 0 Å². The normalized spacial score (nSPS) is 18.1. The molecule has 1 N–H and O–H groups in total. The minimum absolute atomic E-state index is 0.0177. The number of aromatic nitrogens is 4. The summed E-state index contributed by atoms with van der Waals surface area (Å²) in [7, 11) is 0. The first-order chi connectivity index (χ1) is 12.5. The Morgan fingerprint density at radius 2 is 1.88 bits per heavy atom. The summed E-state index contributed by atoms with van der Waals surface area (Å²) in [4.78, 5) is 23.8. The number of hydrogen-bond donors (Lipinski definition) is 1. The number of aryl methyl sites for hydroxylation is 3. The van der Waals surface area contributed by atoms with Crippen LogP contribution >= 0.6 is 0 Å². The minimum Gasteiger partial charge on any atom is -0.309 e. The van der Waals surface area contributed by atoms with E-state index in [1.165, 1.54) is 12.8 Å². The molecule has 1 atom stereocenters. The van der Waals surface area contributed by atoms with Crippen molar-refractivity contribution in [1.29, 1.82) is 0 Å². The molecule has 1 fully saturated rings. The van der Waals surface area contributed by atoms with Crippen molar-refractivity contribution in [3.63, 3.8) is 0 Å². The lowest BCUT2D eigenvalue weighted by molar-refractivity contribution is -0.118. The van der Waals surface area contributed by atoms with Gasteiger partial charge < -0.3 is 5.32 Å². The average Bonchev–Trinajstić information content (AvgIpc) is 2.94. The molecule has 1 saturated heterocycles. The molecular weight excluding hydrogens is 328 g/mol. The Morgan fingerprint density at radius 3 is 2.58 bits per heavy atom. The van der Waals surface area contributed by atoms with E-state index in [0.29, 0.717) is 24.4 Å². The molecule has 3 heterocycles. The molecule has 1 amide bonds. The molecule has 7 heteroatoms. The standard InChI is InChI=1S/C19H28N6O/c1-5-16-8-6-7-9-24(16)12-18(26)22-17-11-15(4)23-25(17)19-20-13(2)10-14(3)21-19/h10-11,16H,5-9,12H2,1-4H3,(H,22,26)/t16-/m1/s1. The van der Waals surface area contributed by atoms with Crippen molar-refractivity contribution < 1.29 is 4.79 Å². The van der Waals surface area contributed by atoms with E-state index in [9.17, 15) is 4.79 Å². The van der Waals surface area contributed by atoms with Crippen molar-refractivity contribution in [3.8, 4) is 5.95 Å². The quantitative estimate of drug-likeness (QED) is 0.891. The Kier molecular flexibility index (Phi) is 5.66. The molecule has 0 radical (unpaired) electrons. The number of nitrogens with one attached hydrogen (secondary N) is 1. The van der Waals surface area contributed by atoms with Crippen LogP contribution in [-0.2, 0) is 4.79 Å². The van der Waals surface area contributed by atoms with Crippen LogP contribution in [-0.4, -0.2) is 49.7 Å². The monoisotopic (exact) mass is 356 g/mol. The number of rotatable bonds is 5.